The van der Waals surface area contributed by atoms with Crippen LogP contribution < -0.4 is 4.90 Å². The van der Waals surface area contributed by atoms with Gasteiger partial charge in [0.25, 0.3) is 0 Å². The molecule has 0 aliphatic heterocycles. The number of anilines is 2. The molecule has 0 aliphatic rings. The van der Waals surface area contributed by atoms with E-state index in [2.05, 4.69) is 31.2 Å². The molecule has 1 amide bonds. The summed E-state index contributed by atoms with van der Waals surface area (Å²) in [6.07, 6.45) is 0.488. The predicted octanol–water partition coefficient (Wildman–Crippen LogP) is 5.84. The molecular weight excluding hydrogens is 326 g/mol. The summed E-state index contributed by atoms with van der Waals surface area (Å²) >= 11 is 1.72. The Hall–Kier alpha value is -2.52. The highest BCUT2D eigenvalue weighted by atomic mass is 32.2. The molecule has 0 unspecified atom stereocenters. The molecule has 0 saturated carbocycles. The monoisotopic (exact) mass is 347 g/mol. The molecule has 3 rings (SSSR count). The van der Waals surface area contributed by atoms with Crippen molar-refractivity contribution in [3.05, 3.63) is 90.5 Å². The topological polar surface area (TPSA) is 20.3 Å². The first-order valence-corrected chi connectivity index (χ1v) is 9.35. The quantitative estimate of drug-likeness (QED) is 0.522. The van der Waals surface area contributed by atoms with Crippen LogP contribution in [0.25, 0.3) is 0 Å². The maximum Gasteiger partial charge on any atom is 0.232 e. The number of carbonyl (C=O) groups excluding carboxylic acids is 1. The summed E-state index contributed by atoms with van der Waals surface area (Å²) < 4.78 is 0. The van der Waals surface area contributed by atoms with E-state index in [0.29, 0.717) is 6.42 Å². The van der Waals surface area contributed by atoms with Gasteiger partial charge in [-0.2, -0.15) is 0 Å². The van der Waals surface area contributed by atoms with Crippen LogP contribution >= 0.6 is 11.8 Å². The summed E-state index contributed by atoms with van der Waals surface area (Å²) in [6, 6.07) is 28.1. The minimum atomic E-state index is 0.108. The average molecular weight is 347 g/mol. The Balaban J connectivity index is 1.70. The Bertz CT molecular complexity index is 761. The van der Waals surface area contributed by atoms with Crippen LogP contribution in [0, 0.1) is 6.92 Å². The van der Waals surface area contributed by atoms with Crippen molar-refractivity contribution < 1.29 is 4.79 Å². The van der Waals surface area contributed by atoms with Gasteiger partial charge in [-0.3, -0.25) is 9.69 Å². The Labute approximate surface area is 153 Å². The first-order valence-electron chi connectivity index (χ1n) is 8.36. The SMILES string of the molecule is Cc1ccc(SCCC(=O)N(c2ccccc2)c2ccccc2)cc1. The number of nitrogens with zero attached hydrogens (tertiary/aromatic N) is 1. The van der Waals surface area contributed by atoms with Crippen molar-refractivity contribution in [2.75, 3.05) is 10.7 Å². The standard InChI is InChI=1S/C22H21NOS/c1-18-12-14-21(15-13-18)25-17-16-22(24)23(19-8-4-2-5-9-19)20-10-6-3-7-11-20/h2-15H,16-17H2,1H3. The van der Waals surface area contributed by atoms with E-state index in [-0.39, 0.29) is 5.91 Å². The van der Waals surface area contributed by atoms with Crippen molar-refractivity contribution in [3.63, 3.8) is 0 Å². The lowest BCUT2D eigenvalue weighted by Crippen LogP contribution is -2.26. The van der Waals surface area contributed by atoms with Crippen LogP contribution in [0.5, 0.6) is 0 Å². The van der Waals surface area contributed by atoms with Crippen molar-refractivity contribution >= 4 is 29.0 Å². The van der Waals surface area contributed by atoms with Gasteiger partial charge in [0.2, 0.25) is 5.91 Å². The van der Waals surface area contributed by atoms with E-state index in [4.69, 9.17) is 0 Å². The van der Waals surface area contributed by atoms with Crippen molar-refractivity contribution in [2.24, 2.45) is 0 Å². The number of aryl methyl sites for hydroxylation is 1. The normalized spacial score (nSPS) is 10.4. The second-order valence-corrected chi connectivity index (χ2v) is 6.98. The molecule has 0 spiro atoms. The Kier molecular flexibility index (Phi) is 5.91. The molecule has 0 N–H and O–H groups in total. The van der Waals surface area contributed by atoms with Crippen LogP contribution in [0.3, 0.4) is 0 Å². The molecule has 0 heterocycles. The lowest BCUT2D eigenvalue weighted by atomic mass is 10.2. The smallest absolute Gasteiger partial charge is 0.232 e. The number of amides is 1. The zero-order chi connectivity index (χ0) is 17.5. The molecule has 0 saturated heterocycles. The van der Waals surface area contributed by atoms with Gasteiger partial charge in [0.05, 0.1) is 0 Å². The molecule has 25 heavy (non-hydrogen) atoms. The van der Waals surface area contributed by atoms with E-state index >= 15 is 0 Å². The van der Waals surface area contributed by atoms with Gasteiger partial charge in [0, 0.05) is 28.4 Å². The number of para-hydroxylation sites is 2. The molecule has 3 aromatic rings. The molecule has 0 fully saturated rings. The summed E-state index contributed by atoms with van der Waals surface area (Å²) in [6.45, 7) is 2.08. The molecule has 0 bridgehead atoms. The number of carbonyl (C=O) groups is 1. The number of rotatable bonds is 6. The number of hydrogen-bond donors (Lipinski definition) is 0. The van der Waals surface area contributed by atoms with Gasteiger partial charge in [0.1, 0.15) is 0 Å². The highest BCUT2D eigenvalue weighted by molar-refractivity contribution is 7.99. The number of benzene rings is 3. The van der Waals surface area contributed by atoms with Gasteiger partial charge in [-0.1, -0.05) is 54.1 Å². The third kappa shape index (κ3) is 4.74. The van der Waals surface area contributed by atoms with Crippen LogP contribution in [0.15, 0.2) is 89.8 Å². The van der Waals surface area contributed by atoms with Gasteiger partial charge >= 0.3 is 0 Å². The van der Waals surface area contributed by atoms with Crippen molar-refractivity contribution in [3.8, 4) is 0 Å². The molecule has 0 aliphatic carbocycles. The van der Waals surface area contributed by atoms with Crippen LogP contribution in [0.1, 0.15) is 12.0 Å². The van der Waals surface area contributed by atoms with Gasteiger partial charge in [0.15, 0.2) is 0 Å². The van der Waals surface area contributed by atoms with Gasteiger partial charge in [-0.15, -0.1) is 11.8 Å². The lowest BCUT2D eigenvalue weighted by molar-refractivity contribution is -0.117. The number of hydrogen-bond acceptors (Lipinski definition) is 2. The largest absolute Gasteiger partial charge is 0.281 e. The minimum absolute atomic E-state index is 0.108. The van der Waals surface area contributed by atoms with Crippen molar-refractivity contribution in [1.82, 2.24) is 0 Å². The van der Waals surface area contributed by atoms with Crippen LogP contribution in [0.2, 0.25) is 0 Å². The Morgan fingerprint density at radius 1 is 0.800 bits per heavy atom. The minimum Gasteiger partial charge on any atom is -0.281 e. The first-order chi connectivity index (χ1) is 12.2. The van der Waals surface area contributed by atoms with Crippen LogP contribution in [-0.4, -0.2) is 11.7 Å². The fourth-order valence-corrected chi connectivity index (χ4v) is 3.43. The van der Waals surface area contributed by atoms with Crippen molar-refractivity contribution in [2.45, 2.75) is 18.2 Å². The molecule has 2 nitrogen and oxygen atoms in total. The maximum absolute atomic E-state index is 12.9. The van der Waals surface area contributed by atoms with E-state index in [0.717, 1.165) is 17.1 Å². The van der Waals surface area contributed by atoms with Gasteiger partial charge < -0.3 is 0 Å². The molecule has 3 heteroatoms. The molecule has 126 valence electrons. The summed E-state index contributed by atoms with van der Waals surface area (Å²) in [7, 11) is 0. The van der Waals surface area contributed by atoms with E-state index in [1.54, 1.807) is 16.7 Å². The van der Waals surface area contributed by atoms with E-state index in [1.807, 2.05) is 60.7 Å². The molecule has 0 aromatic heterocycles. The summed E-state index contributed by atoms with van der Waals surface area (Å²) in [5.41, 5.74) is 3.05. The maximum atomic E-state index is 12.9. The second-order valence-electron chi connectivity index (χ2n) is 5.81. The zero-order valence-electron chi connectivity index (χ0n) is 14.3. The summed E-state index contributed by atoms with van der Waals surface area (Å²) in [5.74, 6) is 0.870. The highest BCUT2D eigenvalue weighted by Gasteiger charge is 2.17. The van der Waals surface area contributed by atoms with E-state index < -0.39 is 0 Å². The summed E-state index contributed by atoms with van der Waals surface area (Å²) in [5, 5.41) is 0. The van der Waals surface area contributed by atoms with Gasteiger partial charge in [-0.05, 0) is 43.3 Å². The lowest BCUT2D eigenvalue weighted by Gasteiger charge is -2.23. The fraction of sp³-hybridized carbons (Fsp3) is 0.136. The summed E-state index contributed by atoms with van der Waals surface area (Å²) in [4.78, 5) is 15.9. The predicted molar refractivity (Wildman–Crippen MR) is 107 cm³/mol. The number of thioether (sulfide) groups is 1. The zero-order valence-corrected chi connectivity index (χ0v) is 15.1. The second kappa shape index (κ2) is 8.54. The van der Waals surface area contributed by atoms with Crippen LogP contribution in [-0.2, 0) is 4.79 Å². The third-order valence-electron chi connectivity index (χ3n) is 3.88. The average Bonchev–Trinajstić information content (AvgIpc) is 2.65. The fourth-order valence-electron chi connectivity index (χ4n) is 2.59. The molecule has 0 atom stereocenters. The van der Waals surface area contributed by atoms with Crippen LogP contribution in [0.4, 0.5) is 11.4 Å². The Morgan fingerprint density at radius 3 is 1.84 bits per heavy atom. The molecule has 0 radical (unpaired) electrons. The van der Waals surface area contributed by atoms with Gasteiger partial charge in [-0.25, -0.2) is 0 Å². The van der Waals surface area contributed by atoms with E-state index in [9.17, 15) is 4.79 Å². The highest BCUT2D eigenvalue weighted by Crippen LogP contribution is 2.27. The van der Waals surface area contributed by atoms with Crippen molar-refractivity contribution in [1.29, 1.82) is 0 Å². The molecular formula is C22H21NOS. The molecule has 3 aromatic carbocycles. The first kappa shape index (κ1) is 17.3. The third-order valence-corrected chi connectivity index (χ3v) is 4.90. The Morgan fingerprint density at radius 2 is 1.32 bits per heavy atom. The van der Waals surface area contributed by atoms with E-state index in [1.165, 1.54) is 10.5 Å².